The van der Waals surface area contributed by atoms with Crippen molar-refractivity contribution in [3.8, 4) is 0 Å². The van der Waals surface area contributed by atoms with Crippen molar-refractivity contribution in [2.24, 2.45) is 0 Å². The molecule has 0 fully saturated rings. The Bertz CT molecular complexity index is 1050. The number of ether oxygens (including phenoxy) is 1. The number of carbonyl (C=O) groups is 3. The van der Waals surface area contributed by atoms with Crippen LogP contribution in [-0.4, -0.2) is 41.4 Å². The van der Waals surface area contributed by atoms with Gasteiger partial charge in [-0.25, -0.2) is 4.79 Å². The number of anilines is 1. The Balaban J connectivity index is 1.53. The van der Waals surface area contributed by atoms with Gasteiger partial charge >= 0.3 is 6.09 Å². The predicted octanol–water partition coefficient (Wildman–Crippen LogP) is 6.06. The Morgan fingerprint density at radius 1 is 1.06 bits per heavy atom. The highest BCUT2D eigenvalue weighted by Gasteiger charge is 2.22. The van der Waals surface area contributed by atoms with Gasteiger partial charge in [0.25, 0.3) is 0 Å². The molecule has 0 aliphatic carbocycles. The number of Topliss-reactive ketones (excluding diaryl/α,β-unsaturated/α-hetero) is 1. The lowest BCUT2D eigenvalue weighted by Gasteiger charge is -2.27. The van der Waals surface area contributed by atoms with Crippen molar-refractivity contribution in [2.45, 2.75) is 64.9 Å². The molecule has 1 heterocycles. The molecule has 1 aliphatic rings. The zero-order valence-corrected chi connectivity index (χ0v) is 20.9. The van der Waals surface area contributed by atoms with Crippen LogP contribution in [0, 0.1) is 0 Å². The van der Waals surface area contributed by atoms with E-state index in [9.17, 15) is 14.4 Å². The third kappa shape index (κ3) is 7.59. The van der Waals surface area contributed by atoms with Gasteiger partial charge in [0.1, 0.15) is 5.60 Å². The van der Waals surface area contributed by atoms with Crippen LogP contribution in [0.15, 0.2) is 42.5 Å². The number of unbranched alkanes of at least 4 members (excludes halogenated alkanes) is 1. The number of nitrogens with one attached hydrogen (secondary N) is 1. The van der Waals surface area contributed by atoms with E-state index in [1.165, 1.54) is 0 Å². The molecule has 2 aromatic rings. The number of carbonyl (C=O) groups excluding carboxylic acids is 3. The summed E-state index contributed by atoms with van der Waals surface area (Å²) in [4.78, 5) is 38.7. The summed E-state index contributed by atoms with van der Waals surface area (Å²) in [7, 11) is 0. The van der Waals surface area contributed by atoms with Crippen LogP contribution >= 0.6 is 11.6 Å². The molecule has 0 atom stereocenters. The zero-order chi connectivity index (χ0) is 24.7. The average Bonchev–Trinajstić information content (AvgIpc) is 2.77. The molecule has 3 rings (SSSR count). The van der Waals surface area contributed by atoms with E-state index in [2.05, 4.69) is 5.32 Å². The second-order valence-electron chi connectivity index (χ2n) is 9.61. The molecule has 182 valence electrons. The maximum atomic E-state index is 12.7. The number of rotatable bonds is 9. The minimum absolute atomic E-state index is 0.00986. The van der Waals surface area contributed by atoms with Crippen LogP contribution in [0.25, 0.3) is 0 Å². The van der Waals surface area contributed by atoms with E-state index in [0.29, 0.717) is 62.2 Å². The van der Waals surface area contributed by atoms with E-state index >= 15 is 0 Å². The third-order valence-corrected chi connectivity index (χ3v) is 6.03. The quantitative estimate of drug-likeness (QED) is 0.347. The van der Waals surface area contributed by atoms with Gasteiger partial charge in [-0.2, -0.15) is 0 Å². The Labute approximate surface area is 206 Å². The lowest BCUT2D eigenvalue weighted by atomic mass is 9.97. The molecule has 1 aliphatic heterocycles. The number of amides is 2. The number of fused-ring (bicyclic) bond motifs is 1. The number of hydrogen-bond acceptors (Lipinski definition) is 4. The first-order valence-electron chi connectivity index (χ1n) is 11.8. The van der Waals surface area contributed by atoms with E-state index in [1.807, 2.05) is 51.1 Å². The maximum Gasteiger partial charge on any atom is 0.410 e. The van der Waals surface area contributed by atoms with Crippen LogP contribution in [0.4, 0.5) is 10.5 Å². The van der Waals surface area contributed by atoms with E-state index in [-0.39, 0.29) is 17.8 Å². The summed E-state index contributed by atoms with van der Waals surface area (Å²) in [5.41, 5.74) is 2.86. The molecule has 0 saturated heterocycles. The van der Waals surface area contributed by atoms with Crippen molar-refractivity contribution in [1.82, 2.24) is 4.90 Å². The minimum atomic E-state index is -0.582. The topological polar surface area (TPSA) is 75.7 Å². The van der Waals surface area contributed by atoms with Gasteiger partial charge in [0.05, 0.1) is 0 Å². The molecule has 0 spiro atoms. The van der Waals surface area contributed by atoms with Crippen molar-refractivity contribution in [1.29, 1.82) is 0 Å². The van der Waals surface area contributed by atoms with Gasteiger partial charge in [-0.3, -0.25) is 9.59 Å². The van der Waals surface area contributed by atoms with Gasteiger partial charge in [0, 0.05) is 42.2 Å². The first-order valence-corrected chi connectivity index (χ1v) is 12.2. The fourth-order valence-electron chi connectivity index (χ4n) is 3.87. The number of halogens is 1. The standard InChI is InChI=1S/C27H33ClN2O4/c1-27(2,3)34-26(33)30(17-15-19-8-4-5-9-22(19)28)16-7-6-10-24(31)21-11-13-23-20(18-21)12-14-25(32)29-23/h4-5,8-9,11,13,18H,6-7,10,12,14-17H2,1-3H3,(H,29,32). The summed E-state index contributed by atoms with van der Waals surface area (Å²) >= 11 is 6.27. The molecule has 6 nitrogen and oxygen atoms in total. The first-order chi connectivity index (χ1) is 16.1. The molecule has 0 unspecified atom stereocenters. The summed E-state index contributed by atoms with van der Waals surface area (Å²) in [6, 6.07) is 13.1. The van der Waals surface area contributed by atoms with Gasteiger partial charge in [0.2, 0.25) is 5.91 Å². The van der Waals surface area contributed by atoms with Crippen LogP contribution in [0.1, 0.15) is 67.9 Å². The molecule has 1 N–H and O–H groups in total. The molecule has 0 saturated carbocycles. The normalized spacial score (nSPS) is 13.1. The highest BCUT2D eigenvalue weighted by molar-refractivity contribution is 6.31. The zero-order valence-electron chi connectivity index (χ0n) is 20.2. The number of aryl methyl sites for hydroxylation is 1. The molecule has 2 amide bonds. The van der Waals surface area contributed by atoms with Crippen LogP contribution < -0.4 is 5.32 Å². The van der Waals surface area contributed by atoms with Crippen LogP contribution in [0.2, 0.25) is 5.02 Å². The second-order valence-corrected chi connectivity index (χ2v) is 10.0. The second kappa shape index (κ2) is 11.5. The van der Waals surface area contributed by atoms with E-state index < -0.39 is 5.60 Å². The van der Waals surface area contributed by atoms with E-state index in [1.54, 1.807) is 17.0 Å². The Morgan fingerprint density at radius 3 is 2.56 bits per heavy atom. The SMILES string of the molecule is CC(C)(C)OC(=O)N(CCCCC(=O)c1ccc2c(c1)CCC(=O)N2)CCc1ccccc1Cl. The summed E-state index contributed by atoms with van der Waals surface area (Å²) < 4.78 is 5.58. The molecule has 7 heteroatoms. The Morgan fingerprint density at radius 2 is 1.82 bits per heavy atom. The van der Waals surface area contributed by atoms with Gasteiger partial charge in [-0.15, -0.1) is 0 Å². The Kier molecular flexibility index (Phi) is 8.72. The monoisotopic (exact) mass is 484 g/mol. The molecular weight excluding hydrogens is 452 g/mol. The number of ketones is 1. The summed E-state index contributed by atoms with van der Waals surface area (Å²) in [6.07, 6.45) is 3.12. The van der Waals surface area contributed by atoms with Crippen molar-refractivity contribution in [2.75, 3.05) is 18.4 Å². The molecule has 0 radical (unpaired) electrons. The van der Waals surface area contributed by atoms with Gasteiger partial charge < -0.3 is 15.0 Å². The summed E-state index contributed by atoms with van der Waals surface area (Å²) in [5.74, 6) is 0.0789. The molecule has 34 heavy (non-hydrogen) atoms. The Hall–Kier alpha value is -2.86. The van der Waals surface area contributed by atoms with Crippen molar-refractivity contribution in [3.05, 3.63) is 64.2 Å². The smallest absolute Gasteiger partial charge is 0.410 e. The number of hydrogen-bond donors (Lipinski definition) is 1. The first kappa shape index (κ1) is 25.8. The molecular formula is C27H33ClN2O4. The molecule has 0 bridgehead atoms. The van der Waals surface area contributed by atoms with Crippen molar-refractivity contribution < 1.29 is 19.1 Å². The fourth-order valence-corrected chi connectivity index (χ4v) is 4.10. The van der Waals surface area contributed by atoms with Crippen molar-refractivity contribution in [3.63, 3.8) is 0 Å². The highest BCUT2D eigenvalue weighted by atomic mass is 35.5. The van der Waals surface area contributed by atoms with Gasteiger partial charge in [-0.1, -0.05) is 29.8 Å². The van der Waals surface area contributed by atoms with E-state index in [0.717, 1.165) is 16.8 Å². The average molecular weight is 485 g/mol. The fraction of sp³-hybridized carbons (Fsp3) is 0.444. The summed E-state index contributed by atoms with van der Waals surface area (Å²) in [6.45, 7) is 6.53. The van der Waals surface area contributed by atoms with Gasteiger partial charge in [0.15, 0.2) is 5.78 Å². The van der Waals surface area contributed by atoms with Crippen LogP contribution in [-0.2, 0) is 22.4 Å². The number of benzene rings is 2. The van der Waals surface area contributed by atoms with Crippen LogP contribution in [0.3, 0.4) is 0 Å². The van der Waals surface area contributed by atoms with E-state index in [4.69, 9.17) is 16.3 Å². The maximum absolute atomic E-state index is 12.7. The largest absolute Gasteiger partial charge is 0.444 e. The molecule has 0 aromatic heterocycles. The number of nitrogens with zero attached hydrogens (tertiary/aromatic N) is 1. The summed E-state index contributed by atoms with van der Waals surface area (Å²) in [5, 5.41) is 3.52. The lowest BCUT2D eigenvalue weighted by molar-refractivity contribution is -0.116. The lowest BCUT2D eigenvalue weighted by Crippen LogP contribution is -2.38. The predicted molar refractivity (Wildman–Crippen MR) is 135 cm³/mol. The van der Waals surface area contributed by atoms with Crippen LogP contribution in [0.5, 0.6) is 0 Å². The van der Waals surface area contributed by atoms with Gasteiger partial charge in [-0.05, 0) is 81.8 Å². The van der Waals surface area contributed by atoms with Crippen molar-refractivity contribution >= 4 is 35.1 Å². The highest BCUT2D eigenvalue weighted by Crippen LogP contribution is 2.24. The third-order valence-electron chi connectivity index (χ3n) is 5.67. The minimum Gasteiger partial charge on any atom is -0.444 e. The molecule has 2 aromatic carbocycles.